The second-order valence-corrected chi connectivity index (χ2v) is 9.56. The summed E-state index contributed by atoms with van der Waals surface area (Å²) in [7, 11) is 3.86. The molecular weight excluding hydrogens is 443 g/mol. The highest BCUT2D eigenvalue weighted by Gasteiger charge is 2.67. The number of aromatic nitrogens is 3. The Balaban J connectivity index is 1.45. The summed E-state index contributed by atoms with van der Waals surface area (Å²) in [6, 6.07) is 9.30. The first kappa shape index (κ1) is 24.2. The van der Waals surface area contributed by atoms with Crippen LogP contribution in [0.15, 0.2) is 42.7 Å². The maximum atomic E-state index is 14.0. The molecule has 1 aromatic carbocycles. The highest BCUT2D eigenvalue weighted by atomic mass is 19.4. The lowest BCUT2D eigenvalue weighted by atomic mass is 9.80. The molecule has 4 rings (SSSR count). The Morgan fingerprint density at radius 1 is 1.24 bits per heavy atom. The number of carbonyl (C=O) groups excluding carboxylic acids is 1. The minimum Gasteiger partial charge on any atom is -0.355 e. The summed E-state index contributed by atoms with van der Waals surface area (Å²) in [5.74, 6) is -1.29. The fourth-order valence-electron chi connectivity index (χ4n) is 4.70. The number of carbonyl (C=O) groups is 1. The van der Waals surface area contributed by atoms with E-state index in [1.54, 1.807) is 25.3 Å². The maximum absolute atomic E-state index is 14.0. The number of aryl methyl sites for hydroxylation is 1. The number of hydrogen-bond donors (Lipinski definition) is 2. The van der Waals surface area contributed by atoms with E-state index in [9.17, 15) is 18.0 Å². The fourth-order valence-corrected chi connectivity index (χ4v) is 4.70. The number of benzene rings is 1. The molecule has 9 heteroatoms. The summed E-state index contributed by atoms with van der Waals surface area (Å²) in [4.78, 5) is 19.0. The molecule has 0 saturated heterocycles. The molecule has 0 spiro atoms. The van der Waals surface area contributed by atoms with Crippen molar-refractivity contribution in [3.63, 3.8) is 0 Å². The number of pyridine rings is 1. The van der Waals surface area contributed by atoms with Crippen LogP contribution in [0.4, 0.5) is 13.2 Å². The molecule has 2 aromatic heterocycles. The number of nitrogens with one attached hydrogen (secondary N) is 2. The Labute approximate surface area is 196 Å². The van der Waals surface area contributed by atoms with Crippen molar-refractivity contribution < 1.29 is 18.0 Å². The van der Waals surface area contributed by atoms with E-state index < -0.39 is 17.5 Å². The standard InChI is InChI=1S/C25H30F3N5O/c1-16-10-18(6-9-29-16)21(24(7-8-24)25(26,27)28)13-23(34)30-15-20(33(2)3)12-17-4-5-22-19(11-17)14-31-32-22/h4-6,9-11,14,20-21H,7-8,12-13,15H2,1-3H3,(H,30,34)(H,31,32)/t20-,21+/m0/s1. The number of fused-ring (bicyclic) bond motifs is 1. The van der Waals surface area contributed by atoms with Crippen LogP contribution >= 0.6 is 0 Å². The van der Waals surface area contributed by atoms with E-state index in [2.05, 4.69) is 26.6 Å². The SMILES string of the molecule is Cc1cc([C@@H](CC(=O)NC[C@H](Cc2ccc3[nH]ncc3c2)N(C)C)C2(C(F)(F)F)CC2)ccn1. The van der Waals surface area contributed by atoms with E-state index in [0.717, 1.165) is 16.5 Å². The van der Waals surface area contributed by atoms with E-state index in [-0.39, 0.29) is 31.2 Å². The number of halogens is 3. The number of rotatable bonds is 9. The lowest BCUT2D eigenvalue weighted by molar-refractivity contribution is -0.194. The molecule has 1 aliphatic rings. The third-order valence-corrected chi connectivity index (χ3v) is 6.97. The minimum atomic E-state index is -4.35. The van der Waals surface area contributed by atoms with Crippen LogP contribution in [-0.2, 0) is 11.2 Å². The van der Waals surface area contributed by atoms with Gasteiger partial charge in [-0.05, 0) is 75.7 Å². The largest absolute Gasteiger partial charge is 0.395 e. The van der Waals surface area contributed by atoms with Gasteiger partial charge >= 0.3 is 6.18 Å². The third kappa shape index (κ3) is 5.09. The average Bonchev–Trinajstić information content (AvgIpc) is 3.46. The molecule has 1 saturated carbocycles. The van der Waals surface area contributed by atoms with Gasteiger partial charge in [0.05, 0.1) is 17.1 Å². The van der Waals surface area contributed by atoms with Gasteiger partial charge in [-0.1, -0.05) is 6.07 Å². The van der Waals surface area contributed by atoms with Crippen molar-refractivity contribution in [2.75, 3.05) is 20.6 Å². The molecule has 0 unspecified atom stereocenters. The second-order valence-electron chi connectivity index (χ2n) is 9.56. The first-order chi connectivity index (χ1) is 16.1. The molecule has 0 bridgehead atoms. The Morgan fingerprint density at radius 3 is 2.65 bits per heavy atom. The van der Waals surface area contributed by atoms with Gasteiger partial charge in [0.1, 0.15) is 0 Å². The average molecular weight is 474 g/mol. The number of H-pyrrole nitrogens is 1. The molecule has 0 aliphatic heterocycles. The molecule has 1 amide bonds. The molecule has 2 N–H and O–H groups in total. The Morgan fingerprint density at radius 2 is 2.00 bits per heavy atom. The quantitative estimate of drug-likeness (QED) is 0.484. The predicted molar refractivity (Wildman–Crippen MR) is 124 cm³/mol. The predicted octanol–water partition coefficient (Wildman–Crippen LogP) is 4.37. The van der Waals surface area contributed by atoms with Crippen molar-refractivity contribution in [3.05, 3.63) is 59.5 Å². The van der Waals surface area contributed by atoms with Crippen molar-refractivity contribution >= 4 is 16.8 Å². The van der Waals surface area contributed by atoms with Crippen molar-refractivity contribution in [1.82, 2.24) is 25.4 Å². The summed E-state index contributed by atoms with van der Waals surface area (Å²) >= 11 is 0. The van der Waals surface area contributed by atoms with Crippen molar-refractivity contribution in [2.24, 2.45) is 5.41 Å². The van der Waals surface area contributed by atoms with Crippen LogP contribution in [0.25, 0.3) is 10.9 Å². The van der Waals surface area contributed by atoms with E-state index in [0.29, 0.717) is 24.2 Å². The van der Waals surface area contributed by atoms with Gasteiger partial charge in [0.25, 0.3) is 0 Å². The molecule has 3 aromatic rings. The molecule has 2 atom stereocenters. The molecule has 1 fully saturated rings. The number of likely N-dealkylation sites (N-methyl/N-ethyl adjacent to an activating group) is 1. The minimum absolute atomic E-state index is 0.00702. The zero-order chi connectivity index (χ0) is 24.5. The van der Waals surface area contributed by atoms with E-state index in [1.165, 1.54) is 6.20 Å². The van der Waals surface area contributed by atoms with Crippen LogP contribution in [0.2, 0.25) is 0 Å². The zero-order valence-electron chi connectivity index (χ0n) is 19.6. The number of hydrogen-bond acceptors (Lipinski definition) is 4. The van der Waals surface area contributed by atoms with Gasteiger partial charge < -0.3 is 10.2 Å². The first-order valence-electron chi connectivity index (χ1n) is 11.4. The van der Waals surface area contributed by atoms with Crippen LogP contribution in [0, 0.1) is 12.3 Å². The zero-order valence-corrected chi connectivity index (χ0v) is 19.6. The third-order valence-electron chi connectivity index (χ3n) is 6.97. The molecule has 6 nitrogen and oxygen atoms in total. The monoisotopic (exact) mass is 473 g/mol. The van der Waals surface area contributed by atoms with Crippen LogP contribution in [0.3, 0.4) is 0 Å². The fraction of sp³-hybridized carbons (Fsp3) is 0.480. The van der Waals surface area contributed by atoms with Crippen LogP contribution in [0.1, 0.15) is 42.0 Å². The van der Waals surface area contributed by atoms with Gasteiger partial charge in [-0.3, -0.25) is 14.9 Å². The van der Waals surface area contributed by atoms with Crippen molar-refractivity contribution in [3.8, 4) is 0 Å². The van der Waals surface area contributed by atoms with Crippen molar-refractivity contribution in [1.29, 1.82) is 0 Å². The smallest absolute Gasteiger partial charge is 0.355 e. The van der Waals surface area contributed by atoms with E-state index in [1.807, 2.05) is 31.1 Å². The highest BCUT2D eigenvalue weighted by Crippen LogP contribution is 2.66. The van der Waals surface area contributed by atoms with Gasteiger partial charge in [0, 0.05) is 42.2 Å². The number of nitrogens with zero attached hydrogens (tertiary/aromatic N) is 3. The van der Waals surface area contributed by atoms with Crippen LogP contribution in [0.5, 0.6) is 0 Å². The Hall–Kier alpha value is -2.94. The normalized spacial score (nSPS) is 17.0. The maximum Gasteiger partial charge on any atom is 0.395 e. The second kappa shape index (κ2) is 9.37. The molecule has 0 radical (unpaired) electrons. The Bertz CT molecular complexity index is 1150. The van der Waals surface area contributed by atoms with Gasteiger partial charge in [0.15, 0.2) is 0 Å². The molecule has 2 heterocycles. The number of alkyl halides is 3. The summed E-state index contributed by atoms with van der Waals surface area (Å²) in [5.41, 5.74) is 1.38. The molecule has 182 valence electrons. The highest BCUT2D eigenvalue weighted by molar-refractivity contribution is 5.78. The van der Waals surface area contributed by atoms with Gasteiger partial charge in [-0.2, -0.15) is 18.3 Å². The molecule has 1 aliphatic carbocycles. The Kier molecular flexibility index (Phi) is 6.66. The molecule has 34 heavy (non-hydrogen) atoms. The topological polar surface area (TPSA) is 73.9 Å². The van der Waals surface area contributed by atoms with E-state index in [4.69, 9.17) is 0 Å². The van der Waals surface area contributed by atoms with E-state index >= 15 is 0 Å². The summed E-state index contributed by atoms with van der Waals surface area (Å²) < 4.78 is 41.9. The van der Waals surface area contributed by atoms with Crippen LogP contribution in [-0.4, -0.2) is 58.8 Å². The summed E-state index contributed by atoms with van der Waals surface area (Å²) in [6.07, 6.45) is -0.494. The summed E-state index contributed by atoms with van der Waals surface area (Å²) in [5, 5.41) is 10.9. The van der Waals surface area contributed by atoms with Crippen molar-refractivity contribution in [2.45, 2.75) is 50.7 Å². The van der Waals surface area contributed by atoms with Gasteiger partial charge in [0.2, 0.25) is 5.91 Å². The number of aromatic amines is 1. The number of amides is 1. The van der Waals surface area contributed by atoms with Gasteiger partial charge in [-0.15, -0.1) is 0 Å². The summed E-state index contributed by atoms with van der Waals surface area (Å²) in [6.45, 7) is 2.09. The lowest BCUT2D eigenvalue weighted by Crippen LogP contribution is -2.42. The van der Waals surface area contributed by atoms with Gasteiger partial charge in [-0.25, -0.2) is 0 Å². The van der Waals surface area contributed by atoms with Crippen LogP contribution < -0.4 is 5.32 Å². The lowest BCUT2D eigenvalue weighted by Gasteiger charge is -2.30. The molecular formula is C25H30F3N5O. The first-order valence-corrected chi connectivity index (χ1v) is 11.4.